The summed E-state index contributed by atoms with van der Waals surface area (Å²) in [5, 5.41) is 0. The Balaban J connectivity index is 0.00000840. The van der Waals surface area contributed by atoms with E-state index in [1.165, 1.54) is 109 Å². The van der Waals surface area contributed by atoms with Crippen LogP contribution in [0.2, 0.25) is 0 Å². The third kappa shape index (κ3) is 19.7. The fourth-order valence-corrected chi connectivity index (χ4v) is 4.96. The summed E-state index contributed by atoms with van der Waals surface area (Å²) in [7, 11) is 0. The van der Waals surface area contributed by atoms with Crippen molar-refractivity contribution >= 4 is 22.8 Å². The zero-order chi connectivity index (χ0) is 28.4. The van der Waals surface area contributed by atoms with Crippen molar-refractivity contribution in [2.24, 2.45) is 9.98 Å². The molecule has 0 aliphatic carbocycles. The second-order valence-electron chi connectivity index (χ2n) is 11.1. The summed E-state index contributed by atoms with van der Waals surface area (Å²) < 4.78 is 0. The van der Waals surface area contributed by atoms with Crippen LogP contribution in [0.3, 0.4) is 0 Å². The van der Waals surface area contributed by atoms with Crippen LogP contribution in [0.4, 0.5) is 11.4 Å². The van der Waals surface area contributed by atoms with Crippen molar-refractivity contribution in [3.63, 3.8) is 0 Å². The zero-order valence-electron chi connectivity index (χ0n) is 26.1. The van der Waals surface area contributed by atoms with Gasteiger partial charge >= 0.3 is 0 Å². The molecule has 0 bridgehead atoms. The maximum atomic E-state index is 5.01. The van der Waals surface area contributed by atoms with Gasteiger partial charge in [-0.05, 0) is 49.4 Å². The van der Waals surface area contributed by atoms with Crippen molar-refractivity contribution in [3.05, 3.63) is 60.7 Å². The van der Waals surface area contributed by atoms with Gasteiger partial charge in [0.15, 0.2) is 0 Å². The third-order valence-corrected chi connectivity index (χ3v) is 7.42. The van der Waals surface area contributed by atoms with E-state index in [9.17, 15) is 0 Å². The molecule has 0 heterocycles. The van der Waals surface area contributed by atoms with Crippen molar-refractivity contribution in [2.75, 3.05) is 0 Å². The standard InChI is InChI=1S/C38H56N2.Pd/c1-3-5-7-8-9-10-11-12-13-14-15-16-17-18-19-20-28-34-38(40-36-31-26-22-27-32-36)37(33-23-6-4-2)39-35-29-24-21-25-30-35;/h21-22,24-27,29-32H,3-20,23,33H2,1-2H3;. The van der Waals surface area contributed by atoms with Gasteiger partial charge in [-0.1, -0.05) is 159 Å². The summed E-state index contributed by atoms with van der Waals surface area (Å²) in [6.45, 7) is 4.53. The van der Waals surface area contributed by atoms with Gasteiger partial charge in [0.2, 0.25) is 0 Å². The van der Waals surface area contributed by atoms with Gasteiger partial charge in [0, 0.05) is 26.8 Å². The Kier molecular flexibility index (Phi) is 24.3. The first-order chi connectivity index (χ1) is 19.8. The second kappa shape index (κ2) is 26.9. The molecule has 228 valence electrons. The molecule has 0 aromatic heterocycles. The number of benzene rings is 2. The Morgan fingerprint density at radius 1 is 0.512 bits per heavy atom. The van der Waals surface area contributed by atoms with Gasteiger partial charge in [0.1, 0.15) is 5.71 Å². The predicted octanol–water partition coefficient (Wildman–Crippen LogP) is 12.4. The van der Waals surface area contributed by atoms with Gasteiger partial charge in [-0.2, -0.15) is 0 Å². The van der Waals surface area contributed by atoms with E-state index in [4.69, 9.17) is 9.98 Å². The van der Waals surface area contributed by atoms with Crippen LogP contribution in [0.1, 0.15) is 142 Å². The smallest absolute Gasteiger partial charge is 0.135 e. The van der Waals surface area contributed by atoms with Crippen LogP contribution in [0.15, 0.2) is 70.6 Å². The predicted molar refractivity (Wildman–Crippen MR) is 179 cm³/mol. The molecular formula is C38H56N2Pd. The zero-order valence-corrected chi connectivity index (χ0v) is 27.7. The number of nitrogens with zero attached hydrogens (tertiary/aromatic N) is 2. The van der Waals surface area contributed by atoms with Crippen molar-refractivity contribution < 1.29 is 20.4 Å². The van der Waals surface area contributed by atoms with E-state index in [1.54, 1.807) is 0 Å². The van der Waals surface area contributed by atoms with Gasteiger partial charge in [-0.25, -0.2) is 4.99 Å². The van der Waals surface area contributed by atoms with E-state index in [0.29, 0.717) is 0 Å². The van der Waals surface area contributed by atoms with Crippen LogP contribution >= 0.6 is 0 Å². The molecule has 0 spiro atoms. The molecule has 0 aliphatic heterocycles. The summed E-state index contributed by atoms with van der Waals surface area (Å²) in [4.78, 5) is 9.96. The average molecular weight is 647 g/mol. The molecule has 0 amide bonds. The quantitative estimate of drug-likeness (QED) is 0.0526. The van der Waals surface area contributed by atoms with Crippen LogP contribution in [-0.4, -0.2) is 11.4 Å². The summed E-state index contributed by atoms with van der Waals surface area (Å²) in [6.07, 6.45) is 26.1. The van der Waals surface area contributed by atoms with Gasteiger partial charge in [0.05, 0.1) is 17.1 Å². The molecule has 41 heavy (non-hydrogen) atoms. The van der Waals surface area contributed by atoms with Gasteiger partial charge < -0.3 is 0 Å². The largest absolute Gasteiger partial charge is 0.251 e. The molecule has 2 rings (SSSR count). The molecule has 3 heteroatoms. The minimum atomic E-state index is 0. The Labute approximate surface area is 267 Å². The van der Waals surface area contributed by atoms with Crippen LogP contribution < -0.4 is 0 Å². The Hall–Kier alpha value is -2.00. The van der Waals surface area contributed by atoms with Crippen LogP contribution in [0.5, 0.6) is 0 Å². The van der Waals surface area contributed by atoms with E-state index >= 15 is 0 Å². The number of para-hydroxylation sites is 2. The van der Waals surface area contributed by atoms with Crippen LogP contribution in [0.25, 0.3) is 0 Å². The maximum absolute atomic E-state index is 5.01. The average Bonchev–Trinajstić information content (AvgIpc) is 2.99. The molecule has 2 nitrogen and oxygen atoms in total. The number of hydrogen-bond acceptors (Lipinski definition) is 2. The van der Waals surface area contributed by atoms with Crippen molar-refractivity contribution in [1.82, 2.24) is 0 Å². The van der Waals surface area contributed by atoms with Gasteiger partial charge in [-0.3, -0.25) is 4.99 Å². The van der Waals surface area contributed by atoms with E-state index in [-0.39, 0.29) is 20.4 Å². The Morgan fingerprint density at radius 3 is 1.41 bits per heavy atom. The third-order valence-electron chi connectivity index (χ3n) is 7.42. The fraction of sp³-hybridized carbons (Fsp3) is 0.579. The van der Waals surface area contributed by atoms with E-state index in [2.05, 4.69) is 37.8 Å². The molecule has 0 fully saturated rings. The van der Waals surface area contributed by atoms with Crippen molar-refractivity contribution in [2.45, 2.75) is 142 Å². The van der Waals surface area contributed by atoms with E-state index in [1.807, 2.05) is 48.5 Å². The molecule has 0 saturated heterocycles. The molecule has 0 unspecified atom stereocenters. The molecule has 0 saturated carbocycles. The Bertz CT molecular complexity index is 985. The van der Waals surface area contributed by atoms with Crippen LogP contribution in [0, 0.1) is 11.8 Å². The molecule has 2 aromatic carbocycles. The molecular weight excluding hydrogens is 591 g/mol. The number of hydrogen-bond donors (Lipinski definition) is 0. The normalized spacial score (nSPS) is 11.6. The second-order valence-corrected chi connectivity index (χ2v) is 11.1. The van der Waals surface area contributed by atoms with E-state index in [0.717, 1.165) is 42.1 Å². The first-order valence-electron chi connectivity index (χ1n) is 16.6. The number of rotatable bonds is 22. The van der Waals surface area contributed by atoms with Gasteiger partial charge in [0.25, 0.3) is 0 Å². The molecule has 2 aromatic rings. The van der Waals surface area contributed by atoms with Gasteiger partial charge in [-0.15, -0.1) is 0 Å². The fourth-order valence-electron chi connectivity index (χ4n) is 4.96. The van der Waals surface area contributed by atoms with Crippen LogP contribution in [-0.2, 0) is 20.4 Å². The first kappa shape index (κ1) is 37.0. The topological polar surface area (TPSA) is 24.7 Å². The minimum absolute atomic E-state index is 0. The molecule has 0 radical (unpaired) electrons. The summed E-state index contributed by atoms with van der Waals surface area (Å²) in [5.74, 6) is 6.88. The molecule has 0 N–H and O–H groups in total. The summed E-state index contributed by atoms with van der Waals surface area (Å²) >= 11 is 0. The molecule has 0 aliphatic rings. The Morgan fingerprint density at radius 2 is 0.927 bits per heavy atom. The van der Waals surface area contributed by atoms with Crippen molar-refractivity contribution in [3.8, 4) is 11.8 Å². The minimum Gasteiger partial charge on any atom is -0.251 e. The SMILES string of the molecule is CCCCCCCCCCCCCCCCCC#CC(=Nc1ccccc1)C(CCCCC)=Nc1ccccc1.[Pd]. The summed E-state index contributed by atoms with van der Waals surface area (Å²) in [6, 6.07) is 20.4. The number of unbranched alkanes of at least 4 members (excludes halogenated alkanes) is 17. The maximum Gasteiger partial charge on any atom is 0.135 e. The monoisotopic (exact) mass is 646 g/mol. The molecule has 0 atom stereocenters. The summed E-state index contributed by atoms with van der Waals surface area (Å²) in [5.41, 5.74) is 3.74. The van der Waals surface area contributed by atoms with Crippen molar-refractivity contribution in [1.29, 1.82) is 0 Å². The van der Waals surface area contributed by atoms with E-state index < -0.39 is 0 Å². The number of aliphatic imine (C=N–C) groups is 2. The first-order valence-corrected chi connectivity index (χ1v) is 16.6.